The molecule has 1 N–H and O–H groups in total. The third-order valence-electron chi connectivity index (χ3n) is 1.44. The van der Waals surface area contributed by atoms with E-state index in [1.54, 1.807) is 23.7 Å². The minimum absolute atomic E-state index is 0. The van der Waals surface area contributed by atoms with E-state index in [0.29, 0.717) is 0 Å². The Hall–Kier alpha value is -1.27. The van der Waals surface area contributed by atoms with E-state index in [4.69, 9.17) is 0 Å². The zero-order chi connectivity index (χ0) is 11.3. The molecular weight excluding hydrogens is 247 g/mol. The molecule has 0 unspecified atom stereocenters. The molecule has 0 radical (unpaired) electrons. The van der Waals surface area contributed by atoms with E-state index in [2.05, 4.69) is 4.84 Å². The highest BCUT2D eigenvalue weighted by Gasteiger charge is 2.28. The summed E-state index contributed by atoms with van der Waals surface area (Å²) in [5.74, 6) is -0.708. The van der Waals surface area contributed by atoms with Crippen LogP contribution in [0.15, 0.2) is 30.3 Å². The molecular formula is C9H9ClF3NO2. The molecule has 7 heteroatoms. The van der Waals surface area contributed by atoms with Crippen LogP contribution in [0.1, 0.15) is 10.4 Å². The maximum absolute atomic E-state index is 11.6. The van der Waals surface area contributed by atoms with Crippen molar-refractivity contribution < 1.29 is 22.8 Å². The van der Waals surface area contributed by atoms with Crippen molar-refractivity contribution in [3.05, 3.63) is 35.9 Å². The number of hydrogen-bond donors (Lipinski definition) is 1. The zero-order valence-corrected chi connectivity index (χ0v) is 8.77. The first kappa shape index (κ1) is 14.7. The van der Waals surface area contributed by atoms with E-state index < -0.39 is 18.7 Å². The minimum atomic E-state index is -4.45. The van der Waals surface area contributed by atoms with Gasteiger partial charge in [0.05, 0.1) is 0 Å². The van der Waals surface area contributed by atoms with Crippen molar-refractivity contribution in [3.63, 3.8) is 0 Å². The van der Waals surface area contributed by atoms with Crippen LogP contribution in [0.3, 0.4) is 0 Å². The van der Waals surface area contributed by atoms with Crippen LogP contribution in [-0.2, 0) is 4.84 Å². The largest absolute Gasteiger partial charge is 0.414 e. The number of rotatable bonds is 3. The van der Waals surface area contributed by atoms with Crippen molar-refractivity contribution >= 4 is 18.3 Å². The lowest BCUT2D eigenvalue weighted by atomic mass is 10.2. The van der Waals surface area contributed by atoms with E-state index in [0.717, 1.165) is 0 Å². The van der Waals surface area contributed by atoms with Crippen LogP contribution in [0.4, 0.5) is 13.2 Å². The molecule has 0 aromatic heterocycles. The van der Waals surface area contributed by atoms with E-state index in [1.807, 2.05) is 0 Å². The summed E-state index contributed by atoms with van der Waals surface area (Å²) in [6.45, 7) is -1.51. The van der Waals surface area contributed by atoms with Crippen LogP contribution in [0, 0.1) is 0 Å². The van der Waals surface area contributed by atoms with Crippen LogP contribution >= 0.6 is 12.4 Å². The molecule has 0 heterocycles. The molecule has 0 aliphatic carbocycles. The third kappa shape index (κ3) is 5.57. The molecule has 1 aromatic carbocycles. The Morgan fingerprint density at radius 2 is 1.81 bits per heavy atom. The Morgan fingerprint density at radius 1 is 1.25 bits per heavy atom. The highest BCUT2D eigenvalue weighted by molar-refractivity contribution is 5.93. The lowest BCUT2D eigenvalue weighted by molar-refractivity contribution is -0.184. The van der Waals surface area contributed by atoms with Crippen molar-refractivity contribution in [2.75, 3.05) is 6.61 Å². The summed E-state index contributed by atoms with van der Waals surface area (Å²) in [7, 11) is 0. The van der Waals surface area contributed by atoms with Crippen molar-refractivity contribution in [3.8, 4) is 0 Å². The quantitative estimate of drug-likeness (QED) is 0.842. The number of hydroxylamine groups is 1. The van der Waals surface area contributed by atoms with Gasteiger partial charge in [-0.1, -0.05) is 18.2 Å². The van der Waals surface area contributed by atoms with Gasteiger partial charge >= 0.3 is 6.18 Å². The van der Waals surface area contributed by atoms with Crippen LogP contribution in [0.25, 0.3) is 0 Å². The molecule has 0 aliphatic heterocycles. The van der Waals surface area contributed by atoms with E-state index in [1.165, 1.54) is 12.1 Å². The summed E-state index contributed by atoms with van der Waals surface area (Å²) in [6, 6.07) is 7.81. The molecule has 0 aliphatic rings. The second kappa shape index (κ2) is 6.34. The fourth-order valence-corrected chi connectivity index (χ4v) is 0.832. The fourth-order valence-electron chi connectivity index (χ4n) is 0.832. The summed E-state index contributed by atoms with van der Waals surface area (Å²) in [4.78, 5) is 15.1. The van der Waals surface area contributed by atoms with E-state index >= 15 is 0 Å². The summed E-state index contributed by atoms with van der Waals surface area (Å²) in [6.07, 6.45) is -4.45. The predicted molar refractivity (Wildman–Crippen MR) is 53.2 cm³/mol. The smallest absolute Gasteiger partial charge is 0.267 e. The maximum atomic E-state index is 11.6. The maximum Gasteiger partial charge on any atom is 0.414 e. The lowest BCUT2D eigenvalue weighted by Gasteiger charge is -2.07. The molecule has 0 saturated heterocycles. The normalized spacial score (nSPS) is 10.4. The first-order chi connectivity index (χ1) is 6.99. The Kier molecular flexibility index (Phi) is 5.84. The van der Waals surface area contributed by atoms with E-state index in [-0.39, 0.29) is 18.0 Å². The van der Waals surface area contributed by atoms with Crippen molar-refractivity contribution in [2.45, 2.75) is 6.18 Å². The summed E-state index contributed by atoms with van der Waals surface area (Å²) in [5.41, 5.74) is 1.93. The Labute approximate surface area is 96.0 Å². The van der Waals surface area contributed by atoms with Gasteiger partial charge in [0.1, 0.15) is 0 Å². The number of benzene rings is 1. The van der Waals surface area contributed by atoms with Crippen LogP contribution in [0.2, 0.25) is 0 Å². The number of halogens is 4. The third-order valence-corrected chi connectivity index (χ3v) is 1.44. The van der Waals surface area contributed by atoms with Gasteiger partial charge in [0.25, 0.3) is 5.91 Å². The SMILES string of the molecule is Cl.O=C(NOCC(F)(F)F)c1ccccc1. The number of carbonyl (C=O) groups excluding carboxylic acids is 1. The molecule has 1 amide bonds. The van der Waals surface area contributed by atoms with Gasteiger partial charge in [0, 0.05) is 5.56 Å². The number of nitrogens with one attached hydrogen (secondary N) is 1. The van der Waals surface area contributed by atoms with Gasteiger partial charge in [-0.05, 0) is 12.1 Å². The summed E-state index contributed by atoms with van der Waals surface area (Å²) in [5, 5.41) is 0. The Bertz CT molecular complexity index is 329. The van der Waals surface area contributed by atoms with Gasteiger partial charge in [-0.2, -0.15) is 13.2 Å². The standard InChI is InChI=1S/C9H8F3NO2.ClH/c10-9(11,12)6-15-13-8(14)7-4-2-1-3-5-7;/h1-5H,6H2,(H,13,14);1H. The molecule has 0 saturated carbocycles. The lowest BCUT2D eigenvalue weighted by Crippen LogP contribution is -2.29. The average Bonchev–Trinajstić information content (AvgIpc) is 2.17. The second-order valence-electron chi connectivity index (χ2n) is 2.70. The van der Waals surface area contributed by atoms with Crippen molar-refractivity contribution in [1.29, 1.82) is 0 Å². The first-order valence-corrected chi connectivity index (χ1v) is 4.03. The highest BCUT2D eigenvalue weighted by atomic mass is 35.5. The average molecular weight is 256 g/mol. The Morgan fingerprint density at radius 3 is 2.31 bits per heavy atom. The first-order valence-electron chi connectivity index (χ1n) is 4.03. The molecule has 1 rings (SSSR count). The molecule has 0 spiro atoms. The van der Waals surface area contributed by atoms with Crippen LogP contribution in [-0.4, -0.2) is 18.7 Å². The highest BCUT2D eigenvalue weighted by Crippen LogP contribution is 2.13. The second-order valence-corrected chi connectivity index (χ2v) is 2.70. The molecule has 0 bridgehead atoms. The number of carbonyl (C=O) groups is 1. The van der Waals surface area contributed by atoms with Gasteiger partial charge in [-0.25, -0.2) is 5.48 Å². The summed E-state index contributed by atoms with van der Waals surface area (Å²) >= 11 is 0. The molecule has 90 valence electrons. The topological polar surface area (TPSA) is 38.3 Å². The van der Waals surface area contributed by atoms with Gasteiger partial charge in [-0.15, -0.1) is 12.4 Å². The van der Waals surface area contributed by atoms with Crippen LogP contribution < -0.4 is 5.48 Å². The molecule has 0 fully saturated rings. The minimum Gasteiger partial charge on any atom is -0.267 e. The molecule has 16 heavy (non-hydrogen) atoms. The van der Waals surface area contributed by atoms with Crippen LogP contribution in [0.5, 0.6) is 0 Å². The van der Waals surface area contributed by atoms with Gasteiger partial charge in [-0.3, -0.25) is 9.63 Å². The van der Waals surface area contributed by atoms with Crippen molar-refractivity contribution in [1.82, 2.24) is 5.48 Å². The fraction of sp³-hybridized carbons (Fsp3) is 0.222. The monoisotopic (exact) mass is 255 g/mol. The summed E-state index contributed by atoms with van der Waals surface area (Å²) < 4.78 is 34.9. The predicted octanol–water partition coefficient (Wildman–Crippen LogP) is 2.33. The van der Waals surface area contributed by atoms with E-state index in [9.17, 15) is 18.0 Å². The van der Waals surface area contributed by atoms with Gasteiger partial charge < -0.3 is 0 Å². The Balaban J connectivity index is 0.00000225. The molecule has 3 nitrogen and oxygen atoms in total. The number of hydrogen-bond acceptors (Lipinski definition) is 2. The number of alkyl halides is 3. The van der Waals surface area contributed by atoms with Gasteiger partial charge in [0.2, 0.25) is 0 Å². The van der Waals surface area contributed by atoms with Crippen molar-refractivity contribution in [2.24, 2.45) is 0 Å². The van der Waals surface area contributed by atoms with Gasteiger partial charge in [0.15, 0.2) is 6.61 Å². The number of amides is 1. The molecule has 0 atom stereocenters. The zero-order valence-electron chi connectivity index (χ0n) is 7.95. The molecule has 1 aromatic rings.